The van der Waals surface area contributed by atoms with Gasteiger partial charge in [0, 0.05) is 0 Å². The van der Waals surface area contributed by atoms with Crippen LogP contribution in [-0.4, -0.2) is 0 Å². The minimum absolute atomic E-state index is 0.800. The van der Waals surface area contributed by atoms with Crippen molar-refractivity contribution in [2.75, 3.05) is 0 Å². The lowest BCUT2D eigenvalue weighted by Crippen LogP contribution is -1.99. The van der Waals surface area contributed by atoms with Gasteiger partial charge in [0.15, 0.2) is 0 Å². The molecule has 1 aromatic rings. The Labute approximate surface area is 133 Å². The number of benzene rings is 1. The van der Waals surface area contributed by atoms with Gasteiger partial charge < -0.3 is 0 Å². The van der Waals surface area contributed by atoms with E-state index in [-0.39, 0.29) is 0 Å². The van der Waals surface area contributed by atoms with Crippen molar-refractivity contribution in [2.45, 2.75) is 96.8 Å². The highest BCUT2D eigenvalue weighted by atomic mass is 14.2. The fraction of sp³-hybridized carbons (Fsp3) is 0.714. The summed E-state index contributed by atoms with van der Waals surface area (Å²) in [5.41, 5.74) is 1.57. The third kappa shape index (κ3) is 8.96. The Kier molecular flexibility index (Phi) is 11.2. The number of hydrogen-bond acceptors (Lipinski definition) is 0. The van der Waals surface area contributed by atoms with Gasteiger partial charge in [-0.2, -0.15) is 0 Å². The Bertz CT molecular complexity index is 300. The summed E-state index contributed by atoms with van der Waals surface area (Å²) in [4.78, 5) is 0. The van der Waals surface area contributed by atoms with Crippen LogP contribution in [0.5, 0.6) is 0 Å². The average molecular weight is 289 g/mol. The summed E-state index contributed by atoms with van der Waals surface area (Å²) in [6.45, 7) is 4.59. The Morgan fingerprint density at radius 2 is 1.10 bits per heavy atom. The van der Waals surface area contributed by atoms with Gasteiger partial charge in [0.2, 0.25) is 0 Å². The van der Waals surface area contributed by atoms with Crippen molar-refractivity contribution in [2.24, 2.45) is 0 Å². The van der Waals surface area contributed by atoms with Gasteiger partial charge in [0.25, 0.3) is 0 Å². The molecule has 21 heavy (non-hydrogen) atoms. The van der Waals surface area contributed by atoms with Crippen LogP contribution < -0.4 is 0 Å². The van der Waals surface area contributed by atoms with Crippen LogP contribution in [0.15, 0.2) is 30.3 Å². The molecule has 0 atom stereocenters. The minimum Gasteiger partial charge on any atom is -0.0654 e. The van der Waals surface area contributed by atoms with Gasteiger partial charge in [-0.1, -0.05) is 108 Å². The highest BCUT2D eigenvalue weighted by molar-refractivity contribution is 5.19. The van der Waals surface area contributed by atoms with Crippen molar-refractivity contribution in [3.05, 3.63) is 35.9 Å². The van der Waals surface area contributed by atoms with Crippen LogP contribution in [0, 0.1) is 0 Å². The lowest BCUT2D eigenvalue weighted by Gasteiger charge is -2.17. The van der Waals surface area contributed by atoms with Crippen LogP contribution in [-0.2, 0) is 0 Å². The zero-order valence-corrected chi connectivity index (χ0v) is 14.4. The molecule has 0 heteroatoms. The van der Waals surface area contributed by atoms with Gasteiger partial charge in [-0.3, -0.25) is 0 Å². The summed E-state index contributed by atoms with van der Waals surface area (Å²) in [7, 11) is 0. The highest BCUT2D eigenvalue weighted by Crippen LogP contribution is 2.28. The second-order valence-corrected chi connectivity index (χ2v) is 6.51. The molecule has 120 valence electrons. The molecule has 0 radical (unpaired) electrons. The van der Waals surface area contributed by atoms with Gasteiger partial charge >= 0.3 is 0 Å². The molecule has 0 aliphatic carbocycles. The molecule has 0 unspecified atom stereocenters. The molecule has 0 saturated heterocycles. The summed E-state index contributed by atoms with van der Waals surface area (Å²) in [6, 6.07) is 11.2. The number of unbranched alkanes of at least 4 members (excludes halogenated alkanes) is 8. The molecule has 1 aromatic carbocycles. The molecule has 0 fully saturated rings. The normalized spacial score (nSPS) is 11.2. The van der Waals surface area contributed by atoms with E-state index in [1.807, 2.05) is 0 Å². The first-order valence-electron chi connectivity index (χ1n) is 9.43. The average Bonchev–Trinajstić information content (AvgIpc) is 2.53. The van der Waals surface area contributed by atoms with Gasteiger partial charge in [0.1, 0.15) is 0 Å². The van der Waals surface area contributed by atoms with Crippen molar-refractivity contribution < 1.29 is 0 Å². The molecule has 0 aliphatic heterocycles. The van der Waals surface area contributed by atoms with Crippen LogP contribution in [0.1, 0.15) is 102 Å². The standard InChI is InChI=1S/C21H36/c1-3-5-7-9-12-16-20(17-13-10-8-6-4-2)21-18-14-11-15-19-21/h11,14-15,18-20H,3-10,12-13,16-17H2,1-2H3. The van der Waals surface area contributed by atoms with E-state index in [4.69, 9.17) is 0 Å². The molecular weight excluding hydrogens is 252 g/mol. The van der Waals surface area contributed by atoms with Crippen LogP contribution in [0.25, 0.3) is 0 Å². The van der Waals surface area contributed by atoms with Crippen molar-refractivity contribution in [1.82, 2.24) is 0 Å². The first kappa shape index (κ1) is 18.3. The third-order valence-electron chi connectivity index (χ3n) is 4.58. The van der Waals surface area contributed by atoms with Crippen LogP contribution >= 0.6 is 0 Å². The largest absolute Gasteiger partial charge is 0.0654 e. The Morgan fingerprint density at radius 1 is 0.619 bits per heavy atom. The lowest BCUT2D eigenvalue weighted by molar-refractivity contribution is 0.490. The second kappa shape index (κ2) is 12.9. The van der Waals surface area contributed by atoms with Crippen molar-refractivity contribution in [3.63, 3.8) is 0 Å². The maximum atomic E-state index is 2.34. The van der Waals surface area contributed by atoms with Crippen molar-refractivity contribution >= 4 is 0 Å². The first-order valence-corrected chi connectivity index (χ1v) is 9.43. The molecule has 0 saturated carbocycles. The van der Waals surface area contributed by atoms with Gasteiger partial charge in [-0.15, -0.1) is 0 Å². The molecule has 1 rings (SSSR count). The van der Waals surface area contributed by atoms with Gasteiger partial charge in [-0.05, 0) is 24.3 Å². The second-order valence-electron chi connectivity index (χ2n) is 6.51. The summed E-state index contributed by atoms with van der Waals surface area (Å²) in [5, 5.41) is 0. The van der Waals surface area contributed by atoms with Crippen LogP contribution in [0.3, 0.4) is 0 Å². The van der Waals surface area contributed by atoms with Crippen LogP contribution in [0.4, 0.5) is 0 Å². The van der Waals surface area contributed by atoms with E-state index in [9.17, 15) is 0 Å². The molecule has 0 heterocycles. The quantitative estimate of drug-likeness (QED) is 0.330. The molecule has 0 nitrogen and oxygen atoms in total. The topological polar surface area (TPSA) is 0 Å². The molecular formula is C21H36. The first-order chi connectivity index (χ1) is 10.4. The molecule has 0 amide bonds. The molecule has 0 aromatic heterocycles. The Morgan fingerprint density at radius 3 is 1.57 bits per heavy atom. The minimum atomic E-state index is 0.800. The van der Waals surface area contributed by atoms with Crippen LogP contribution in [0.2, 0.25) is 0 Å². The van der Waals surface area contributed by atoms with E-state index in [0.29, 0.717) is 0 Å². The predicted octanol–water partition coefficient (Wildman–Crippen LogP) is 7.49. The maximum Gasteiger partial charge on any atom is -0.0162 e. The maximum absolute atomic E-state index is 2.34. The van der Waals surface area contributed by atoms with Crippen molar-refractivity contribution in [1.29, 1.82) is 0 Å². The molecule has 0 spiro atoms. The Hall–Kier alpha value is -0.780. The van der Waals surface area contributed by atoms with E-state index >= 15 is 0 Å². The molecule has 0 aliphatic rings. The van der Waals surface area contributed by atoms with E-state index in [2.05, 4.69) is 44.2 Å². The monoisotopic (exact) mass is 288 g/mol. The summed E-state index contributed by atoms with van der Waals surface area (Å²) in [5.74, 6) is 0.800. The zero-order chi connectivity index (χ0) is 15.2. The smallest absolute Gasteiger partial charge is 0.0162 e. The highest BCUT2D eigenvalue weighted by Gasteiger charge is 2.10. The lowest BCUT2D eigenvalue weighted by atomic mass is 9.88. The van der Waals surface area contributed by atoms with E-state index in [1.165, 1.54) is 77.0 Å². The fourth-order valence-electron chi connectivity index (χ4n) is 3.19. The summed E-state index contributed by atoms with van der Waals surface area (Å²) >= 11 is 0. The Balaban J connectivity index is 2.32. The van der Waals surface area contributed by atoms with E-state index < -0.39 is 0 Å². The van der Waals surface area contributed by atoms with Crippen molar-refractivity contribution in [3.8, 4) is 0 Å². The van der Waals surface area contributed by atoms with Gasteiger partial charge in [-0.25, -0.2) is 0 Å². The predicted molar refractivity (Wildman–Crippen MR) is 95.9 cm³/mol. The third-order valence-corrected chi connectivity index (χ3v) is 4.58. The molecule has 0 bridgehead atoms. The summed E-state index contributed by atoms with van der Waals surface area (Å²) in [6.07, 6.45) is 16.8. The zero-order valence-electron chi connectivity index (χ0n) is 14.4. The van der Waals surface area contributed by atoms with Gasteiger partial charge in [0.05, 0.1) is 0 Å². The number of hydrogen-bond donors (Lipinski definition) is 0. The SMILES string of the molecule is CCCCCCCC(CCCCCCC)c1ccccc1. The summed E-state index contributed by atoms with van der Waals surface area (Å²) < 4.78 is 0. The molecule has 0 N–H and O–H groups in total. The van der Waals surface area contributed by atoms with E-state index in [1.54, 1.807) is 5.56 Å². The fourth-order valence-corrected chi connectivity index (χ4v) is 3.19. The number of rotatable bonds is 13. The van der Waals surface area contributed by atoms with E-state index in [0.717, 1.165) is 5.92 Å².